The van der Waals surface area contributed by atoms with Gasteiger partial charge in [0.2, 0.25) is 0 Å². The summed E-state index contributed by atoms with van der Waals surface area (Å²) in [6.07, 6.45) is 1.78. The summed E-state index contributed by atoms with van der Waals surface area (Å²) >= 11 is 0. The van der Waals surface area contributed by atoms with Crippen LogP contribution in [0.3, 0.4) is 0 Å². The third kappa shape index (κ3) is 2.16. The largest absolute Gasteiger partial charge is 0.507 e. The highest BCUT2D eigenvalue weighted by atomic mass is 16.3. The molecule has 0 spiro atoms. The SMILES string of the molecule is C=Cc1cc(C)ccc1-c1cc(N)ccc1O. The van der Waals surface area contributed by atoms with E-state index < -0.39 is 0 Å². The lowest BCUT2D eigenvalue weighted by Gasteiger charge is -2.10. The Morgan fingerprint density at radius 3 is 2.59 bits per heavy atom. The standard InChI is InChI=1S/C15H15NO/c1-3-11-8-10(2)4-6-13(11)14-9-12(16)5-7-15(14)17/h3-9,17H,1,16H2,2H3. The number of hydrogen-bond donors (Lipinski definition) is 2. The van der Waals surface area contributed by atoms with Gasteiger partial charge in [-0.05, 0) is 36.2 Å². The van der Waals surface area contributed by atoms with Crippen LogP contribution in [-0.2, 0) is 0 Å². The lowest BCUT2D eigenvalue weighted by Crippen LogP contribution is -1.89. The van der Waals surface area contributed by atoms with E-state index in [-0.39, 0.29) is 5.75 Å². The second-order valence-corrected chi connectivity index (χ2v) is 4.07. The highest BCUT2D eigenvalue weighted by Crippen LogP contribution is 2.34. The van der Waals surface area contributed by atoms with Gasteiger partial charge in [-0.3, -0.25) is 0 Å². The molecule has 0 fully saturated rings. The molecule has 2 aromatic rings. The zero-order chi connectivity index (χ0) is 12.4. The van der Waals surface area contributed by atoms with Crippen molar-refractivity contribution in [2.24, 2.45) is 0 Å². The van der Waals surface area contributed by atoms with Gasteiger partial charge in [0, 0.05) is 11.3 Å². The van der Waals surface area contributed by atoms with E-state index in [2.05, 4.69) is 6.58 Å². The number of benzene rings is 2. The first-order chi connectivity index (χ1) is 8.11. The molecule has 0 aromatic heterocycles. The van der Waals surface area contributed by atoms with Gasteiger partial charge in [-0.1, -0.05) is 36.4 Å². The first-order valence-corrected chi connectivity index (χ1v) is 5.44. The van der Waals surface area contributed by atoms with Gasteiger partial charge in [0.15, 0.2) is 0 Å². The van der Waals surface area contributed by atoms with Gasteiger partial charge in [-0.2, -0.15) is 0 Å². The molecular formula is C15H15NO. The normalized spacial score (nSPS) is 10.2. The summed E-state index contributed by atoms with van der Waals surface area (Å²) in [6, 6.07) is 11.1. The summed E-state index contributed by atoms with van der Waals surface area (Å²) in [6.45, 7) is 5.82. The molecule has 0 atom stereocenters. The van der Waals surface area contributed by atoms with Crippen molar-refractivity contribution in [2.45, 2.75) is 6.92 Å². The highest BCUT2D eigenvalue weighted by molar-refractivity contribution is 5.80. The molecule has 0 unspecified atom stereocenters. The molecule has 0 radical (unpaired) electrons. The molecule has 2 heteroatoms. The van der Waals surface area contributed by atoms with Crippen molar-refractivity contribution < 1.29 is 5.11 Å². The summed E-state index contributed by atoms with van der Waals surface area (Å²) in [4.78, 5) is 0. The molecular weight excluding hydrogens is 210 g/mol. The van der Waals surface area contributed by atoms with Crippen molar-refractivity contribution in [1.29, 1.82) is 0 Å². The molecule has 0 aliphatic carbocycles. The van der Waals surface area contributed by atoms with Crippen LogP contribution in [0.1, 0.15) is 11.1 Å². The third-order valence-electron chi connectivity index (χ3n) is 2.74. The number of aryl methyl sites for hydroxylation is 1. The number of nitrogen functional groups attached to an aromatic ring is 1. The van der Waals surface area contributed by atoms with Crippen molar-refractivity contribution in [3.05, 3.63) is 54.1 Å². The predicted octanol–water partition coefficient (Wildman–Crippen LogP) is 3.59. The van der Waals surface area contributed by atoms with E-state index in [4.69, 9.17) is 5.73 Å². The fourth-order valence-corrected chi connectivity index (χ4v) is 1.87. The van der Waals surface area contributed by atoms with Crippen molar-refractivity contribution in [2.75, 3.05) is 5.73 Å². The first-order valence-electron chi connectivity index (χ1n) is 5.44. The molecule has 17 heavy (non-hydrogen) atoms. The van der Waals surface area contributed by atoms with E-state index in [9.17, 15) is 5.11 Å². The summed E-state index contributed by atoms with van der Waals surface area (Å²) in [5, 5.41) is 9.89. The van der Waals surface area contributed by atoms with Crippen LogP contribution in [0.2, 0.25) is 0 Å². The topological polar surface area (TPSA) is 46.2 Å². The maximum absolute atomic E-state index is 9.89. The number of hydrogen-bond acceptors (Lipinski definition) is 2. The van der Waals surface area contributed by atoms with Crippen LogP contribution < -0.4 is 5.73 Å². The van der Waals surface area contributed by atoms with Crippen molar-refractivity contribution >= 4 is 11.8 Å². The maximum atomic E-state index is 9.89. The van der Waals surface area contributed by atoms with Crippen molar-refractivity contribution in [1.82, 2.24) is 0 Å². The van der Waals surface area contributed by atoms with Gasteiger partial charge in [0.05, 0.1) is 0 Å². The van der Waals surface area contributed by atoms with E-state index in [0.717, 1.165) is 22.3 Å². The second-order valence-electron chi connectivity index (χ2n) is 4.07. The average molecular weight is 225 g/mol. The Morgan fingerprint density at radius 2 is 1.88 bits per heavy atom. The number of phenolic OH excluding ortho intramolecular Hbond substituents is 1. The summed E-state index contributed by atoms with van der Waals surface area (Å²) in [7, 11) is 0. The van der Waals surface area contributed by atoms with Crippen LogP contribution in [0.5, 0.6) is 5.75 Å². The Kier molecular flexibility index (Phi) is 2.88. The van der Waals surface area contributed by atoms with Gasteiger partial charge in [0.1, 0.15) is 5.75 Å². The van der Waals surface area contributed by atoms with E-state index >= 15 is 0 Å². The lowest BCUT2D eigenvalue weighted by molar-refractivity contribution is 0.477. The van der Waals surface area contributed by atoms with Gasteiger partial charge in [0.25, 0.3) is 0 Å². The first kappa shape index (κ1) is 11.3. The van der Waals surface area contributed by atoms with E-state index in [1.807, 2.05) is 25.1 Å². The van der Waals surface area contributed by atoms with Crippen LogP contribution in [0.15, 0.2) is 43.0 Å². The smallest absolute Gasteiger partial charge is 0.123 e. The van der Waals surface area contributed by atoms with Gasteiger partial charge < -0.3 is 10.8 Å². The molecule has 0 heterocycles. The summed E-state index contributed by atoms with van der Waals surface area (Å²) < 4.78 is 0. The Bertz CT molecular complexity index is 573. The molecule has 86 valence electrons. The van der Waals surface area contributed by atoms with Crippen LogP contribution in [0.25, 0.3) is 17.2 Å². The Hall–Kier alpha value is -2.22. The molecule has 0 saturated heterocycles. The van der Waals surface area contributed by atoms with Crippen LogP contribution in [0.4, 0.5) is 5.69 Å². The number of nitrogens with two attached hydrogens (primary N) is 1. The number of aromatic hydroxyl groups is 1. The Labute approximate surface area is 101 Å². The molecule has 0 saturated carbocycles. The minimum atomic E-state index is 0.228. The molecule has 0 bridgehead atoms. The van der Waals surface area contributed by atoms with Crippen molar-refractivity contribution in [3.8, 4) is 16.9 Å². The predicted molar refractivity (Wildman–Crippen MR) is 72.8 cm³/mol. The van der Waals surface area contributed by atoms with Crippen molar-refractivity contribution in [3.63, 3.8) is 0 Å². The molecule has 0 aliphatic heterocycles. The molecule has 2 aromatic carbocycles. The lowest BCUT2D eigenvalue weighted by atomic mass is 9.97. The summed E-state index contributed by atoms with van der Waals surface area (Å²) in [5.74, 6) is 0.228. The van der Waals surface area contributed by atoms with E-state index in [1.54, 1.807) is 24.3 Å². The average Bonchev–Trinajstić information content (AvgIpc) is 2.32. The number of anilines is 1. The molecule has 2 nitrogen and oxygen atoms in total. The van der Waals surface area contributed by atoms with Crippen LogP contribution in [0, 0.1) is 6.92 Å². The minimum absolute atomic E-state index is 0.228. The fraction of sp³-hybridized carbons (Fsp3) is 0.0667. The zero-order valence-electron chi connectivity index (χ0n) is 9.77. The third-order valence-corrected chi connectivity index (χ3v) is 2.74. The van der Waals surface area contributed by atoms with Gasteiger partial charge in [-0.25, -0.2) is 0 Å². The Balaban J connectivity index is 2.67. The summed E-state index contributed by atoms with van der Waals surface area (Å²) in [5.41, 5.74) is 10.2. The number of phenols is 1. The highest BCUT2D eigenvalue weighted by Gasteiger charge is 2.08. The monoisotopic (exact) mass is 225 g/mol. The van der Waals surface area contributed by atoms with E-state index in [0.29, 0.717) is 5.69 Å². The zero-order valence-corrected chi connectivity index (χ0v) is 9.77. The van der Waals surface area contributed by atoms with Gasteiger partial charge >= 0.3 is 0 Å². The molecule has 0 amide bonds. The van der Waals surface area contributed by atoms with Crippen LogP contribution >= 0.6 is 0 Å². The molecule has 2 rings (SSSR count). The second kappa shape index (κ2) is 4.34. The number of rotatable bonds is 2. The molecule has 0 aliphatic rings. The Morgan fingerprint density at radius 1 is 1.12 bits per heavy atom. The quantitative estimate of drug-likeness (QED) is 0.606. The van der Waals surface area contributed by atoms with E-state index in [1.165, 1.54) is 0 Å². The maximum Gasteiger partial charge on any atom is 0.123 e. The van der Waals surface area contributed by atoms with Gasteiger partial charge in [-0.15, -0.1) is 0 Å². The molecule has 3 N–H and O–H groups in total. The minimum Gasteiger partial charge on any atom is -0.507 e. The fourth-order valence-electron chi connectivity index (χ4n) is 1.87. The van der Waals surface area contributed by atoms with Crippen LogP contribution in [-0.4, -0.2) is 5.11 Å².